The largest absolute Gasteiger partial charge is 0.458 e. The van der Waals surface area contributed by atoms with Crippen molar-refractivity contribution in [3.05, 3.63) is 12.2 Å². The van der Waals surface area contributed by atoms with E-state index < -0.39 is 65.1 Å². The number of ether oxygens (including phenoxy) is 3. The molecule has 0 amide bonds. The van der Waals surface area contributed by atoms with Gasteiger partial charge in [0.05, 0.1) is 11.5 Å². The molecule has 0 spiro atoms. The number of alkyl halides is 6. The Morgan fingerprint density at radius 2 is 1.59 bits per heavy atom. The van der Waals surface area contributed by atoms with Crippen LogP contribution in [0.15, 0.2) is 12.2 Å². The molecule has 0 radical (unpaired) electrons. The summed E-state index contributed by atoms with van der Waals surface area (Å²) in [4.78, 5) is 24.6. The number of rotatable bonds is 8. The molecule has 0 aromatic rings. The predicted molar refractivity (Wildman–Crippen MR) is 106 cm³/mol. The van der Waals surface area contributed by atoms with E-state index in [9.17, 15) is 41.0 Å². The van der Waals surface area contributed by atoms with E-state index in [2.05, 4.69) is 6.58 Å². The van der Waals surface area contributed by atoms with Crippen molar-refractivity contribution in [2.24, 2.45) is 11.8 Å². The second kappa shape index (κ2) is 9.00. The van der Waals surface area contributed by atoms with Crippen LogP contribution in [0, 0.1) is 11.8 Å². The van der Waals surface area contributed by atoms with Gasteiger partial charge in [0.25, 0.3) is 5.60 Å². The van der Waals surface area contributed by atoms with E-state index in [1.54, 1.807) is 0 Å². The molecule has 1 saturated heterocycles. The number of hydrogen-bond donors (Lipinski definition) is 1. The number of aliphatic hydroxyl groups is 1. The zero-order valence-electron chi connectivity index (χ0n) is 19.6. The lowest BCUT2D eigenvalue weighted by atomic mass is 9.67. The van der Waals surface area contributed by atoms with E-state index in [0.717, 1.165) is 0 Å². The fourth-order valence-electron chi connectivity index (χ4n) is 5.12. The zero-order chi connectivity index (χ0) is 26.5. The second-order valence-corrected chi connectivity index (χ2v) is 9.47. The number of fused-ring (bicyclic) bond motifs is 2. The molecule has 12 heteroatoms. The van der Waals surface area contributed by atoms with Crippen molar-refractivity contribution in [1.29, 1.82) is 0 Å². The minimum atomic E-state index is -6.11. The van der Waals surface area contributed by atoms with Crippen molar-refractivity contribution in [2.75, 3.05) is 0 Å². The SMILES string of the molecule is C=C(C)C(=O)OC1CC(C(CC)(CC)OC(C)(C)C(O)(C(F)(F)F)C(F)(F)F)C2CC1OC2=O. The summed E-state index contributed by atoms with van der Waals surface area (Å²) < 4.78 is 98.0. The first-order chi connectivity index (χ1) is 15.3. The molecule has 1 N–H and O–H groups in total. The minimum absolute atomic E-state index is 0.0615. The average Bonchev–Trinajstić information content (AvgIpc) is 3.02. The molecule has 1 saturated carbocycles. The van der Waals surface area contributed by atoms with E-state index >= 15 is 0 Å². The van der Waals surface area contributed by atoms with Crippen LogP contribution in [-0.4, -0.2) is 58.4 Å². The van der Waals surface area contributed by atoms with E-state index in [4.69, 9.17) is 14.2 Å². The van der Waals surface area contributed by atoms with Gasteiger partial charge in [0.2, 0.25) is 0 Å². The number of carbonyl (C=O) groups excluding carboxylic acids is 2. The molecule has 2 bridgehead atoms. The van der Waals surface area contributed by atoms with Gasteiger partial charge in [0.1, 0.15) is 17.8 Å². The molecule has 196 valence electrons. The van der Waals surface area contributed by atoms with Crippen LogP contribution in [0.2, 0.25) is 0 Å². The van der Waals surface area contributed by atoms with Gasteiger partial charge in [0, 0.05) is 17.9 Å². The van der Waals surface area contributed by atoms with Crippen molar-refractivity contribution in [3.8, 4) is 0 Å². The van der Waals surface area contributed by atoms with E-state index in [1.165, 1.54) is 20.8 Å². The summed E-state index contributed by atoms with van der Waals surface area (Å²) in [7, 11) is 0. The zero-order valence-corrected chi connectivity index (χ0v) is 19.6. The number of hydrogen-bond acceptors (Lipinski definition) is 6. The van der Waals surface area contributed by atoms with Crippen LogP contribution in [0.5, 0.6) is 0 Å². The van der Waals surface area contributed by atoms with E-state index in [1.807, 2.05) is 0 Å². The molecule has 2 aliphatic rings. The Kier molecular flexibility index (Phi) is 7.52. The quantitative estimate of drug-likeness (QED) is 0.295. The molecule has 4 unspecified atom stereocenters. The molecule has 0 aromatic carbocycles. The van der Waals surface area contributed by atoms with Gasteiger partial charge in [-0.05, 0) is 40.0 Å². The van der Waals surface area contributed by atoms with Gasteiger partial charge in [-0.2, -0.15) is 26.3 Å². The molecule has 1 aliphatic carbocycles. The molecular weight excluding hydrogens is 474 g/mol. The highest BCUT2D eigenvalue weighted by Crippen LogP contribution is 2.55. The third-order valence-corrected chi connectivity index (χ3v) is 7.07. The van der Waals surface area contributed by atoms with Crippen molar-refractivity contribution >= 4 is 11.9 Å². The van der Waals surface area contributed by atoms with Gasteiger partial charge >= 0.3 is 24.3 Å². The van der Waals surface area contributed by atoms with Crippen LogP contribution in [0.1, 0.15) is 60.3 Å². The normalized spacial score (nSPS) is 26.3. The van der Waals surface area contributed by atoms with Gasteiger partial charge in [-0.25, -0.2) is 4.79 Å². The Bertz CT molecular complexity index is 800. The highest BCUT2D eigenvalue weighted by Gasteiger charge is 2.78. The molecule has 0 aromatic heterocycles. The number of halogens is 6. The van der Waals surface area contributed by atoms with Crippen LogP contribution >= 0.6 is 0 Å². The predicted octanol–water partition coefficient (Wildman–Crippen LogP) is 4.64. The lowest BCUT2D eigenvalue weighted by Gasteiger charge is -2.52. The molecule has 2 rings (SSSR count). The maximum atomic E-state index is 13.6. The number of esters is 2. The lowest BCUT2D eigenvalue weighted by Crippen LogP contribution is -2.71. The van der Waals surface area contributed by atoms with Crippen LogP contribution in [0.4, 0.5) is 26.3 Å². The van der Waals surface area contributed by atoms with Crippen LogP contribution in [0.25, 0.3) is 0 Å². The van der Waals surface area contributed by atoms with Gasteiger partial charge in [-0.1, -0.05) is 20.4 Å². The van der Waals surface area contributed by atoms with E-state index in [0.29, 0.717) is 13.8 Å². The van der Waals surface area contributed by atoms with Crippen LogP contribution in [0.3, 0.4) is 0 Å². The molecule has 6 nitrogen and oxygen atoms in total. The summed E-state index contributed by atoms with van der Waals surface area (Å²) in [6, 6.07) is 0. The van der Waals surface area contributed by atoms with Crippen molar-refractivity contribution < 1.29 is 55.2 Å². The van der Waals surface area contributed by atoms with Gasteiger partial charge in [-0.3, -0.25) is 4.79 Å². The summed E-state index contributed by atoms with van der Waals surface area (Å²) in [5.41, 5.74) is -10.0. The summed E-state index contributed by atoms with van der Waals surface area (Å²) in [6.07, 6.45) is -14.2. The van der Waals surface area contributed by atoms with Crippen LogP contribution in [-0.2, 0) is 23.8 Å². The van der Waals surface area contributed by atoms with Crippen LogP contribution < -0.4 is 0 Å². The van der Waals surface area contributed by atoms with Gasteiger partial charge in [-0.15, -0.1) is 0 Å². The molecular formula is C22H30F6O6. The summed E-state index contributed by atoms with van der Waals surface area (Å²) in [6.45, 7) is 8.91. The standard InChI is InChI=1S/C22H30F6O6/c1-7-19(8-2,34-18(5,6)20(31,21(23,24)25)22(26,27)28)13-10-15(32-16(29)11(3)4)14-9-12(13)17(30)33-14/h12-15,31H,3,7-10H2,1-2,4-6H3. The van der Waals surface area contributed by atoms with Gasteiger partial charge in [0.15, 0.2) is 0 Å². The maximum Gasteiger partial charge on any atom is 0.429 e. The Morgan fingerprint density at radius 3 is 2.00 bits per heavy atom. The second-order valence-electron chi connectivity index (χ2n) is 9.47. The van der Waals surface area contributed by atoms with Gasteiger partial charge < -0.3 is 19.3 Å². The van der Waals surface area contributed by atoms with Crippen molar-refractivity contribution in [2.45, 2.75) is 102 Å². The minimum Gasteiger partial charge on any atom is -0.458 e. The summed E-state index contributed by atoms with van der Waals surface area (Å²) in [5.74, 6) is -3.29. The highest BCUT2D eigenvalue weighted by molar-refractivity contribution is 5.87. The first-order valence-electron chi connectivity index (χ1n) is 10.9. The molecule has 34 heavy (non-hydrogen) atoms. The smallest absolute Gasteiger partial charge is 0.429 e. The summed E-state index contributed by atoms with van der Waals surface area (Å²) in [5, 5.41) is 10.0. The molecule has 1 heterocycles. The summed E-state index contributed by atoms with van der Waals surface area (Å²) >= 11 is 0. The Balaban J connectivity index is 2.53. The highest BCUT2D eigenvalue weighted by atomic mass is 19.4. The third-order valence-electron chi connectivity index (χ3n) is 7.07. The number of carbonyl (C=O) groups is 2. The fourth-order valence-corrected chi connectivity index (χ4v) is 5.12. The monoisotopic (exact) mass is 504 g/mol. The fraction of sp³-hybridized carbons (Fsp3) is 0.818. The Morgan fingerprint density at radius 1 is 1.09 bits per heavy atom. The maximum absolute atomic E-state index is 13.6. The molecule has 2 fully saturated rings. The third kappa shape index (κ3) is 4.55. The Hall–Kier alpha value is -1.82. The molecule has 1 aliphatic heterocycles. The average molecular weight is 504 g/mol. The first-order valence-corrected chi connectivity index (χ1v) is 10.9. The topological polar surface area (TPSA) is 82.1 Å². The van der Waals surface area contributed by atoms with Crippen molar-refractivity contribution in [1.82, 2.24) is 0 Å². The Labute approximate surface area is 193 Å². The van der Waals surface area contributed by atoms with Crippen molar-refractivity contribution in [3.63, 3.8) is 0 Å². The van der Waals surface area contributed by atoms with E-state index in [-0.39, 0.29) is 31.3 Å². The lowest BCUT2D eigenvalue weighted by molar-refractivity contribution is -0.423. The first kappa shape index (κ1) is 28.4. The molecule has 4 atom stereocenters.